The molecule has 2 aliphatic rings. The summed E-state index contributed by atoms with van der Waals surface area (Å²) in [7, 11) is -1.99. The lowest BCUT2D eigenvalue weighted by molar-refractivity contribution is -0.161. The summed E-state index contributed by atoms with van der Waals surface area (Å²) in [6, 6.07) is 0. The molecule has 1 saturated carbocycles. The summed E-state index contributed by atoms with van der Waals surface area (Å²) in [5.74, 6) is -0.602. The van der Waals surface area contributed by atoms with E-state index in [0.29, 0.717) is 19.4 Å². The standard InChI is InChI=1S/C18H30O4Si/c1-7-21-16(20)18-11-8-9-13(19)15(18)14(10-12-18)22-23(5,6)17(2,3)4/h8-9,14-15H,7,10-12H2,1-6H3/t14-,15+,18+/m1/s1. The number of fused-ring (bicyclic) bond motifs is 1. The molecule has 0 aromatic carbocycles. The fourth-order valence-corrected chi connectivity index (χ4v) is 4.89. The number of esters is 1. The Morgan fingerprint density at radius 2 is 2.04 bits per heavy atom. The van der Waals surface area contributed by atoms with Gasteiger partial charge in [0.05, 0.1) is 24.0 Å². The summed E-state index contributed by atoms with van der Waals surface area (Å²) in [5.41, 5.74) is -0.713. The zero-order chi connectivity index (χ0) is 17.5. The predicted molar refractivity (Wildman–Crippen MR) is 92.6 cm³/mol. The van der Waals surface area contributed by atoms with Gasteiger partial charge in [0.25, 0.3) is 0 Å². The van der Waals surface area contributed by atoms with Crippen LogP contribution in [0.3, 0.4) is 0 Å². The van der Waals surface area contributed by atoms with E-state index in [1.807, 2.05) is 13.0 Å². The Morgan fingerprint density at radius 3 is 2.61 bits per heavy atom. The van der Waals surface area contributed by atoms with Gasteiger partial charge in [0.15, 0.2) is 14.1 Å². The van der Waals surface area contributed by atoms with Crippen LogP contribution < -0.4 is 0 Å². The van der Waals surface area contributed by atoms with Gasteiger partial charge in [-0.05, 0) is 50.4 Å². The average Bonchev–Trinajstić information content (AvgIpc) is 2.79. The molecule has 0 bridgehead atoms. The zero-order valence-electron chi connectivity index (χ0n) is 15.3. The number of hydrogen-bond donors (Lipinski definition) is 0. The molecule has 0 N–H and O–H groups in total. The topological polar surface area (TPSA) is 52.6 Å². The molecule has 0 saturated heterocycles. The first-order chi connectivity index (χ1) is 10.5. The largest absolute Gasteiger partial charge is 0.466 e. The van der Waals surface area contributed by atoms with Gasteiger partial charge in [-0.25, -0.2) is 0 Å². The van der Waals surface area contributed by atoms with Crippen LogP contribution in [0.4, 0.5) is 0 Å². The first-order valence-corrected chi connectivity index (χ1v) is 11.5. The molecule has 0 spiro atoms. The van der Waals surface area contributed by atoms with Crippen molar-refractivity contribution in [3.63, 3.8) is 0 Å². The van der Waals surface area contributed by atoms with Gasteiger partial charge in [0.1, 0.15) is 0 Å². The second-order valence-corrected chi connectivity index (χ2v) is 13.1. The van der Waals surface area contributed by atoms with Gasteiger partial charge in [-0.1, -0.05) is 26.8 Å². The van der Waals surface area contributed by atoms with Gasteiger partial charge in [0, 0.05) is 0 Å². The molecule has 0 aromatic rings. The highest BCUT2D eigenvalue weighted by atomic mass is 28.4. The lowest BCUT2D eigenvalue weighted by Gasteiger charge is -2.41. The molecule has 130 valence electrons. The Bertz CT molecular complexity index is 518. The lowest BCUT2D eigenvalue weighted by atomic mass is 9.70. The van der Waals surface area contributed by atoms with E-state index in [4.69, 9.17) is 9.16 Å². The van der Waals surface area contributed by atoms with Crippen LogP contribution in [-0.4, -0.2) is 32.8 Å². The lowest BCUT2D eigenvalue weighted by Crippen LogP contribution is -2.50. The minimum Gasteiger partial charge on any atom is -0.466 e. The van der Waals surface area contributed by atoms with E-state index in [0.717, 1.165) is 6.42 Å². The molecule has 0 amide bonds. The van der Waals surface area contributed by atoms with Gasteiger partial charge in [-0.3, -0.25) is 9.59 Å². The summed E-state index contributed by atoms with van der Waals surface area (Å²) >= 11 is 0. The van der Waals surface area contributed by atoms with Crippen molar-refractivity contribution in [3.05, 3.63) is 12.2 Å². The summed E-state index contributed by atoms with van der Waals surface area (Å²) in [6.45, 7) is 13.1. The number of rotatable bonds is 4. The van der Waals surface area contributed by atoms with Crippen LogP contribution in [0.5, 0.6) is 0 Å². The highest BCUT2D eigenvalue weighted by Crippen LogP contribution is 2.52. The Kier molecular flexibility index (Phi) is 4.93. The third-order valence-electron chi connectivity index (χ3n) is 5.85. The van der Waals surface area contributed by atoms with Crippen molar-refractivity contribution >= 4 is 20.1 Å². The summed E-state index contributed by atoms with van der Waals surface area (Å²) in [6.07, 6.45) is 5.28. The molecular weight excluding hydrogens is 308 g/mol. The average molecular weight is 339 g/mol. The van der Waals surface area contributed by atoms with Crippen LogP contribution in [0, 0.1) is 11.3 Å². The minimum absolute atomic E-state index is 0.0190. The Hall–Kier alpha value is -0.943. The molecule has 3 atom stereocenters. The highest BCUT2D eigenvalue weighted by molar-refractivity contribution is 6.74. The maximum absolute atomic E-state index is 12.6. The number of ketones is 1. The van der Waals surface area contributed by atoms with E-state index in [-0.39, 0.29) is 28.8 Å². The second-order valence-electron chi connectivity index (χ2n) is 8.32. The van der Waals surface area contributed by atoms with E-state index < -0.39 is 13.7 Å². The van der Waals surface area contributed by atoms with Crippen molar-refractivity contribution in [2.24, 2.45) is 11.3 Å². The first-order valence-electron chi connectivity index (χ1n) is 8.60. The number of carbonyl (C=O) groups is 2. The normalized spacial score (nSPS) is 31.1. The van der Waals surface area contributed by atoms with E-state index in [9.17, 15) is 9.59 Å². The Morgan fingerprint density at radius 1 is 1.39 bits per heavy atom. The van der Waals surface area contributed by atoms with Gasteiger partial charge < -0.3 is 9.16 Å². The van der Waals surface area contributed by atoms with Crippen LogP contribution in [-0.2, 0) is 18.8 Å². The maximum Gasteiger partial charge on any atom is 0.313 e. The minimum atomic E-state index is -1.99. The Labute approximate surface area is 140 Å². The van der Waals surface area contributed by atoms with Gasteiger partial charge in [-0.15, -0.1) is 0 Å². The molecule has 0 radical (unpaired) electrons. The third kappa shape index (κ3) is 3.18. The fourth-order valence-electron chi connectivity index (χ4n) is 3.52. The van der Waals surface area contributed by atoms with Gasteiger partial charge in [-0.2, -0.15) is 0 Å². The zero-order valence-corrected chi connectivity index (χ0v) is 16.3. The molecule has 0 heterocycles. The summed E-state index contributed by atoms with van der Waals surface area (Å²) in [5, 5.41) is 0.0791. The fraction of sp³-hybridized carbons (Fsp3) is 0.778. The smallest absolute Gasteiger partial charge is 0.313 e. The van der Waals surface area contributed by atoms with Gasteiger partial charge in [0.2, 0.25) is 0 Å². The van der Waals surface area contributed by atoms with Crippen LogP contribution in [0.25, 0.3) is 0 Å². The second kappa shape index (κ2) is 6.17. The maximum atomic E-state index is 12.6. The molecule has 1 fully saturated rings. The number of carbonyl (C=O) groups excluding carboxylic acids is 2. The molecule has 0 aliphatic heterocycles. The third-order valence-corrected chi connectivity index (χ3v) is 10.4. The summed E-state index contributed by atoms with van der Waals surface area (Å²) in [4.78, 5) is 25.2. The van der Waals surface area contributed by atoms with Crippen molar-refractivity contribution in [1.82, 2.24) is 0 Å². The van der Waals surface area contributed by atoms with Crippen molar-refractivity contribution < 1.29 is 18.8 Å². The molecule has 0 aromatic heterocycles. The quantitative estimate of drug-likeness (QED) is 0.577. The monoisotopic (exact) mass is 338 g/mol. The predicted octanol–water partition coefficient (Wildman–Crippen LogP) is 3.87. The molecule has 5 heteroatoms. The molecule has 23 heavy (non-hydrogen) atoms. The highest BCUT2D eigenvalue weighted by Gasteiger charge is 2.59. The van der Waals surface area contributed by atoms with E-state index in [1.54, 1.807) is 6.08 Å². The SMILES string of the molecule is CCOC(=O)[C@]12CC=CC(=O)[C@H]1[C@H](O[Si](C)(C)C(C)(C)C)CC2. The van der Waals surface area contributed by atoms with Crippen LogP contribution in [0.2, 0.25) is 18.1 Å². The van der Waals surface area contributed by atoms with E-state index in [1.165, 1.54) is 0 Å². The van der Waals surface area contributed by atoms with Crippen molar-refractivity contribution in [2.75, 3.05) is 6.61 Å². The Balaban J connectivity index is 2.30. The van der Waals surface area contributed by atoms with Crippen molar-refractivity contribution in [1.29, 1.82) is 0 Å². The van der Waals surface area contributed by atoms with E-state index >= 15 is 0 Å². The molecule has 2 aliphatic carbocycles. The van der Waals surface area contributed by atoms with Crippen LogP contribution in [0.1, 0.15) is 47.0 Å². The molecular formula is C18H30O4Si. The number of ether oxygens (including phenoxy) is 1. The number of allylic oxidation sites excluding steroid dienone is 2. The van der Waals surface area contributed by atoms with Gasteiger partial charge >= 0.3 is 5.97 Å². The van der Waals surface area contributed by atoms with Crippen LogP contribution in [0.15, 0.2) is 12.2 Å². The summed E-state index contributed by atoms with van der Waals surface area (Å²) < 4.78 is 11.8. The van der Waals surface area contributed by atoms with Crippen molar-refractivity contribution in [2.45, 2.75) is 71.2 Å². The molecule has 2 rings (SSSR count). The van der Waals surface area contributed by atoms with Crippen LogP contribution >= 0.6 is 0 Å². The molecule has 0 unspecified atom stereocenters. The first kappa shape index (κ1) is 18.4. The number of hydrogen-bond acceptors (Lipinski definition) is 4. The molecule has 4 nitrogen and oxygen atoms in total. The van der Waals surface area contributed by atoms with Crippen molar-refractivity contribution in [3.8, 4) is 0 Å². The van der Waals surface area contributed by atoms with E-state index in [2.05, 4.69) is 33.9 Å².